The van der Waals surface area contributed by atoms with Gasteiger partial charge in [-0.1, -0.05) is 12.8 Å². The molecule has 0 radical (unpaired) electrons. The first-order chi connectivity index (χ1) is 8.34. The summed E-state index contributed by atoms with van der Waals surface area (Å²) < 4.78 is 1.85. The summed E-state index contributed by atoms with van der Waals surface area (Å²) in [5.74, 6) is 0.109. The summed E-state index contributed by atoms with van der Waals surface area (Å²) in [6.45, 7) is 1.96. The van der Waals surface area contributed by atoms with E-state index in [1.165, 1.54) is 12.8 Å². The highest BCUT2D eigenvalue weighted by Gasteiger charge is 2.16. The molecular formula is C12H20N4O. The largest absolute Gasteiger partial charge is 0.352 e. The molecule has 5 nitrogen and oxygen atoms in total. The number of carbonyl (C=O) groups is 1. The van der Waals surface area contributed by atoms with Gasteiger partial charge in [0, 0.05) is 25.0 Å². The Labute approximate surface area is 102 Å². The first kappa shape index (κ1) is 12.1. The van der Waals surface area contributed by atoms with E-state index >= 15 is 0 Å². The van der Waals surface area contributed by atoms with Crippen molar-refractivity contribution >= 4 is 5.91 Å². The Morgan fingerprint density at radius 1 is 1.41 bits per heavy atom. The minimum Gasteiger partial charge on any atom is -0.352 e. The van der Waals surface area contributed by atoms with Gasteiger partial charge in [0.15, 0.2) is 0 Å². The van der Waals surface area contributed by atoms with Crippen molar-refractivity contribution in [2.45, 2.75) is 38.3 Å². The Kier molecular flexibility index (Phi) is 4.55. The summed E-state index contributed by atoms with van der Waals surface area (Å²) in [7, 11) is 0. The highest BCUT2D eigenvalue weighted by molar-refractivity contribution is 5.78. The molecule has 94 valence electrons. The van der Waals surface area contributed by atoms with Crippen LogP contribution < -0.4 is 10.6 Å². The minimum absolute atomic E-state index is 0.109. The number of hydrogen-bond donors (Lipinski definition) is 2. The number of hydrogen-bond acceptors (Lipinski definition) is 3. The van der Waals surface area contributed by atoms with Crippen molar-refractivity contribution in [3.63, 3.8) is 0 Å². The van der Waals surface area contributed by atoms with E-state index < -0.39 is 0 Å². The SMILES string of the molecule is O=C(CNCCn1cccn1)NC1CCCC1. The molecule has 0 saturated heterocycles. The van der Waals surface area contributed by atoms with Gasteiger partial charge in [0.1, 0.15) is 0 Å². The summed E-state index contributed by atoms with van der Waals surface area (Å²) in [4.78, 5) is 11.6. The lowest BCUT2D eigenvalue weighted by Crippen LogP contribution is -2.39. The maximum atomic E-state index is 11.6. The molecule has 0 aromatic carbocycles. The smallest absolute Gasteiger partial charge is 0.234 e. The minimum atomic E-state index is 0.109. The zero-order valence-electron chi connectivity index (χ0n) is 10.1. The van der Waals surface area contributed by atoms with Crippen molar-refractivity contribution in [2.24, 2.45) is 0 Å². The molecular weight excluding hydrogens is 216 g/mol. The molecule has 5 heteroatoms. The van der Waals surface area contributed by atoms with Crippen molar-refractivity contribution < 1.29 is 4.79 Å². The molecule has 0 atom stereocenters. The van der Waals surface area contributed by atoms with Gasteiger partial charge in [-0.2, -0.15) is 5.10 Å². The zero-order chi connectivity index (χ0) is 11.9. The lowest BCUT2D eigenvalue weighted by molar-refractivity contribution is -0.120. The van der Waals surface area contributed by atoms with Crippen LogP contribution in [0.25, 0.3) is 0 Å². The monoisotopic (exact) mass is 236 g/mol. The van der Waals surface area contributed by atoms with Gasteiger partial charge in [-0.15, -0.1) is 0 Å². The second kappa shape index (κ2) is 6.39. The Balaban J connectivity index is 1.53. The molecule has 2 N–H and O–H groups in total. The number of rotatable bonds is 6. The van der Waals surface area contributed by atoms with Crippen LogP contribution in [0.4, 0.5) is 0 Å². The molecule has 1 aromatic rings. The number of nitrogens with zero attached hydrogens (tertiary/aromatic N) is 2. The summed E-state index contributed by atoms with van der Waals surface area (Å²) in [6, 6.07) is 2.31. The number of carbonyl (C=O) groups excluding carboxylic acids is 1. The lowest BCUT2D eigenvalue weighted by Gasteiger charge is -2.12. The average Bonchev–Trinajstić information content (AvgIpc) is 2.96. The fourth-order valence-corrected chi connectivity index (χ4v) is 2.18. The Bertz CT molecular complexity index is 330. The highest BCUT2D eigenvalue weighted by Crippen LogP contribution is 2.17. The van der Waals surface area contributed by atoms with E-state index in [0.29, 0.717) is 12.6 Å². The van der Waals surface area contributed by atoms with Gasteiger partial charge >= 0.3 is 0 Å². The van der Waals surface area contributed by atoms with Crippen LogP contribution in [0.1, 0.15) is 25.7 Å². The van der Waals surface area contributed by atoms with Crippen LogP contribution in [0.5, 0.6) is 0 Å². The van der Waals surface area contributed by atoms with Crippen LogP contribution in [-0.2, 0) is 11.3 Å². The fraction of sp³-hybridized carbons (Fsp3) is 0.667. The van der Waals surface area contributed by atoms with Crippen LogP contribution in [0, 0.1) is 0 Å². The molecule has 2 rings (SSSR count). The molecule has 1 heterocycles. The Morgan fingerprint density at radius 3 is 2.94 bits per heavy atom. The molecule has 0 unspecified atom stereocenters. The second-order valence-electron chi connectivity index (χ2n) is 4.49. The highest BCUT2D eigenvalue weighted by atomic mass is 16.1. The van der Waals surface area contributed by atoms with E-state index in [4.69, 9.17) is 0 Å². The van der Waals surface area contributed by atoms with E-state index in [2.05, 4.69) is 15.7 Å². The van der Waals surface area contributed by atoms with E-state index in [1.54, 1.807) is 6.20 Å². The third-order valence-electron chi connectivity index (χ3n) is 3.08. The summed E-state index contributed by atoms with van der Waals surface area (Å²) >= 11 is 0. The number of amides is 1. The maximum absolute atomic E-state index is 11.6. The van der Waals surface area contributed by atoms with E-state index in [1.807, 2.05) is 16.9 Å². The maximum Gasteiger partial charge on any atom is 0.234 e. The first-order valence-corrected chi connectivity index (χ1v) is 6.32. The molecule has 1 fully saturated rings. The van der Waals surface area contributed by atoms with Gasteiger partial charge in [-0.3, -0.25) is 9.48 Å². The fourth-order valence-electron chi connectivity index (χ4n) is 2.18. The first-order valence-electron chi connectivity index (χ1n) is 6.32. The van der Waals surface area contributed by atoms with Crippen LogP contribution in [0.2, 0.25) is 0 Å². The molecule has 1 saturated carbocycles. The summed E-state index contributed by atoms with van der Waals surface area (Å²) in [5.41, 5.74) is 0. The van der Waals surface area contributed by atoms with Gasteiger partial charge in [-0.05, 0) is 18.9 Å². The molecule has 1 aliphatic carbocycles. The lowest BCUT2D eigenvalue weighted by atomic mass is 10.2. The number of nitrogens with one attached hydrogen (secondary N) is 2. The van der Waals surface area contributed by atoms with Crippen LogP contribution >= 0.6 is 0 Å². The van der Waals surface area contributed by atoms with Crippen LogP contribution in [0.15, 0.2) is 18.5 Å². The van der Waals surface area contributed by atoms with Gasteiger partial charge in [0.25, 0.3) is 0 Å². The summed E-state index contributed by atoms with van der Waals surface area (Å²) in [6.07, 6.45) is 8.44. The Hall–Kier alpha value is -1.36. The molecule has 0 bridgehead atoms. The van der Waals surface area contributed by atoms with Crippen LogP contribution in [0.3, 0.4) is 0 Å². The van der Waals surface area contributed by atoms with E-state index in [0.717, 1.165) is 25.9 Å². The second-order valence-corrected chi connectivity index (χ2v) is 4.49. The summed E-state index contributed by atoms with van der Waals surface area (Å²) in [5, 5.41) is 10.3. The van der Waals surface area contributed by atoms with Crippen molar-refractivity contribution in [2.75, 3.05) is 13.1 Å². The zero-order valence-corrected chi connectivity index (χ0v) is 10.1. The molecule has 1 aromatic heterocycles. The Morgan fingerprint density at radius 2 is 2.24 bits per heavy atom. The predicted octanol–water partition coefficient (Wildman–Crippen LogP) is 0.531. The van der Waals surface area contributed by atoms with Gasteiger partial charge in [0.2, 0.25) is 5.91 Å². The predicted molar refractivity (Wildman–Crippen MR) is 65.5 cm³/mol. The van der Waals surface area contributed by atoms with Gasteiger partial charge in [-0.25, -0.2) is 0 Å². The van der Waals surface area contributed by atoms with Crippen molar-refractivity contribution in [3.05, 3.63) is 18.5 Å². The van der Waals surface area contributed by atoms with Gasteiger partial charge < -0.3 is 10.6 Å². The third-order valence-corrected chi connectivity index (χ3v) is 3.08. The quantitative estimate of drug-likeness (QED) is 0.708. The number of aromatic nitrogens is 2. The van der Waals surface area contributed by atoms with Crippen LogP contribution in [-0.4, -0.2) is 34.8 Å². The van der Waals surface area contributed by atoms with Crippen molar-refractivity contribution in [1.82, 2.24) is 20.4 Å². The average molecular weight is 236 g/mol. The molecule has 1 amide bonds. The van der Waals surface area contributed by atoms with Gasteiger partial charge in [0.05, 0.1) is 13.1 Å². The standard InChI is InChI=1S/C12H20N4O/c17-12(15-11-4-1-2-5-11)10-13-7-9-16-8-3-6-14-16/h3,6,8,11,13H,1-2,4-5,7,9-10H2,(H,15,17). The topological polar surface area (TPSA) is 59.0 Å². The van der Waals surface area contributed by atoms with Crippen molar-refractivity contribution in [3.8, 4) is 0 Å². The van der Waals surface area contributed by atoms with E-state index in [-0.39, 0.29) is 5.91 Å². The normalized spacial score (nSPS) is 16.2. The molecule has 17 heavy (non-hydrogen) atoms. The van der Waals surface area contributed by atoms with E-state index in [9.17, 15) is 4.79 Å². The third kappa shape index (κ3) is 4.19. The van der Waals surface area contributed by atoms with Crippen molar-refractivity contribution in [1.29, 1.82) is 0 Å². The molecule has 0 spiro atoms. The molecule has 1 aliphatic rings. The molecule has 0 aliphatic heterocycles.